The summed E-state index contributed by atoms with van der Waals surface area (Å²) in [4.78, 5) is 26.2. The van der Waals surface area contributed by atoms with Gasteiger partial charge in [-0.05, 0) is 11.6 Å². The summed E-state index contributed by atoms with van der Waals surface area (Å²) >= 11 is 0. The van der Waals surface area contributed by atoms with E-state index < -0.39 is 5.91 Å². The van der Waals surface area contributed by atoms with Crippen LogP contribution in [-0.2, 0) is 11.3 Å². The lowest BCUT2D eigenvalue weighted by molar-refractivity contribution is -0.119. The van der Waals surface area contributed by atoms with Crippen molar-refractivity contribution in [1.29, 1.82) is 0 Å². The SMILES string of the molecule is CN1Cc2ccccc2N(CC(=O)NN)C1=O. The molecule has 0 bridgehead atoms. The van der Waals surface area contributed by atoms with Crippen LogP contribution in [-0.4, -0.2) is 30.4 Å². The third-order valence-electron chi connectivity index (χ3n) is 2.71. The Hall–Kier alpha value is -2.08. The molecule has 0 atom stereocenters. The van der Waals surface area contributed by atoms with Gasteiger partial charge in [-0.3, -0.25) is 15.1 Å². The zero-order chi connectivity index (χ0) is 12.4. The molecule has 1 aliphatic heterocycles. The molecular weight excluding hydrogens is 220 g/mol. The number of hydrogen-bond donors (Lipinski definition) is 2. The zero-order valence-electron chi connectivity index (χ0n) is 9.51. The Bertz CT molecular complexity index is 461. The zero-order valence-corrected chi connectivity index (χ0v) is 9.51. The van der Waals surface area contributed by atoms with E-state index in [0.717, 1.165) is 11.3 Å². The summed E-state index contributed by atoms with van der Waals surface area (Å²) in [7, 11) is 1.70. The molecule has 2 rings (SSSR count). The average Bonchev–Trinajstić information content (AvgIpc) is 2.34. The van der Waals surface area contributed by atoms with Gasteiger partial charge in [0.15, 0.2) is 0 Å². The van der Waals surface area contributed by atoms with Gasteiger partial charge in [-0.2, -0.15) is 0 Å². The van der Waals surface area contributed by atoms with Crippen molar-refractivity contribution in [3.8, 4) is 0 Å². The normalized spacial score (nSPS) is 14.6. The highest BCUT2D eigenvalue weighted by molar-refractivity contribution is 5.99. The third-order valence-corrected chi connectivity index (χ3v) is 2.71. The number of amides is 3. The summed E-state index contributed by atoms with van der Waals surface area (Å²) in [5.41, 5.74) is 3.80. The second-order valence-corrected chi connectivity index (χ2v) is 3.92. The van der Waals surface area contributed by atoms with Crippen molar-refractivity contribution in [3.05, 3.63) is 29.8 Å². The highest BCUT2D eigenvalue weighted by Gasteiger charge is 2.28. The van der Waals surface area contributed by atoms with Crippen LogP contribution >= 0.6 is 0 Å². The second kappa shape index (κ2) is 4.42. The van der Waals surface area contributed by atoms with E-state index in [1.165, 1.54) is 4.90 Å². The van der Waals surface area contributed by atoms with Crippen LogP contribution in [0.4, 0.5) is 10.5 Å². The van der Waals surface area contributed by atoms with Crippen LogP contribution in [0.1, 0.15) is 5.56 Å². The first-order valence-corrected chi connectivity index (χ1v) is 5.23. The molecule has 3 amide bonds. The number of nitrogens with zero attached hydrogens (tertiary/aromatic N) is 2. The molecule has 17 heavy (non-hydrogen) atoms. The first-order chi connectivity index (χ1) is 8.13. The highest BCUT2D eigenvalue weighted by Crippen LogP contribution is 2.27. The van der Waals surface area contributed by atoms with E-state index in [1.54, 1.807) is 11.9 Å². The number of nitrogens with one attached hydrogen (secondary N) is 1. The Morgan fingerprint density at radius 2 is 2.18 bits per heavy atom. The van der Waals surface area contributed by atoms with Gasteiger partial charge >= 0.3 is 6.03 Å². The smallest absolute Gasteiger partial charge is 0.323 e. The lowest BCUT2D eigenvalue weighted by Gasteiger charge is -2.34. The Morgan fingerprint density at radius 1 is 1.47 bits per heavy atom. The number of hydrazine groups is 1. The molecule has 1 aromatic carbocycles. The number of urea groups is 1. The van der Waals surface area contributed by atoms with Crippen molar-refractivity contribution in [2.45, 2.75) is 6.54 Å². The van der Waals surface area contributed by atoms with Gasteiger partial charge in [0.05, 0.1) is 5.69 Å². The molecule has 1 aromatic rings. The van der Waals surface area contributed by atoms with Gasteiger partial charge in [0.25, 0.3) is 5.91 Å². The molecule has 0 aliphatic carbocycles. The van der Waals surface area contributed by atoms with Crippen LogP contribution in [0.25, 0.3) is 0 Å². The van der Waals surface area contributed by atoms with Crippen LogP contribution in [0.3, 0.4) is 0 Å². The minimum Gasteiger partial charge on any atom is -0.323 e. The van der Waals surface area contributed by atoms with Crippen molar-refractivity contribution in [2.24, 2.45) is 5.84 Å². The Kier molecular flexibility index (Phi) is 2.97. The predicted molar refractivity (Wildman–Crippen MR) is 63.0 cm³/mol. The first-order valence-electron chi connectivity index (χ1n) is 5.23. The molecule has 0 saturated carbocycles. The molecule has 0 aromatic heterocycles. The fraction of sp³-hybridized carbons (Fsp3) is 0.273. The van der Waals surface area contributed by atoms with Gasteiger partial charge in [0.2, 0.25) is 0 Å². The van der Waals surface area contributed by atoms with Gasteiger partial charge in [0.1, 0.15) is 6.54 Å². The summed E-state index contributed by atoms with van der Waals surface area (Å²) in [5, 5.41) is 0. The maximum Gasteiger partial charge on any atom is 0.325 e. The molecule has 1 heterocycles. The van der Waals surface area contributed by atoms with Crippen molar-refractivity contribution < 1.29 is 9.59 Å². The molecule has 1 aliphatic rings. The number of carbonyl (C=O) groups excluding carboxylic acids is 2. The summed E-state index contributed by atoms with van der Waals surface area (Å²) in [6.45, 7) is 0.479. The highest BCUT2D eigenvalue weighted by atomic mass is 16.2. The van der Waals surface area contributed by atoms with Crippen LogP contribution in [0.5, 0.6) is 0 Å². The van der Waals surface area contributed by atoms with Crippen molar-refractivity contribution >= 4 is 17.6 Å². The average molecular weight is 234 g/mol. The second-order valence-electron chi connectivity index (χ2n) is 3.92. The number of nitrogens with two attached hydrogens (primary N) is 1. The predicted octanol–water partition coefficient (Wildman–Crippen LogP) is 0.0483. The lowest BCUT2D eigenvalue weighted by atomic mass is 10.1. The number of fused-ring (bicyclic) bond motifs is 1. The Balaban J connectivity index is 2.35. The van der Waals surface area contributed by atoms with Gasteiger partial charge in [-0.25, -0.2) is 10.6 Å². The molecule has 6 nitrogen and oxygen atoms in total. The minimum atomic E-state index is -0.400. The number of benzene rings is 1. The van der Waals surface area contributed by atoms with Crippen LogP contribution in [0.2, 0.25) is 0 Å². The molecule has 0 unspecified atom stereocenters. The molecule has 0 spiro atoms. The van der Waals surface area contributed by atoms with E-state index in [2.05, 4.69) is 0 Å². The van der Waals surface area contributed by atoms with E-state index in [0.29, 0.717) is 6.54 Å². The summed E-state index contributed by atoms with van der Waals surface area (Å²) in [6, 6.07) is 7.30. The topological polar surface area (TPSA) is 78.7 Å². The van der Waals surface area contributed by atoms with Crippen LogP contribution in [0.15, 0.2) is 24.3 Å². The molecule has 3 N–H and O–H groups in total. The Labute approximate surface area is 99.0 Å². The number of hydrogen-bond acceptors (Lipinski definition) is 3. The van der Waals surface area contributed by atoms with Gasteiger partial charge in [-0.1, -0.05) is 18.2 Å². The summed E-state index contributed by atoms with van der Waals surface area (Å²) < 4.78 is 0. The summed E-state index contributed by atoms with van der Waals surface area (Å²) in [6.07, 6.45) is 0. The van der Waals surface area contributed by atoms with Crippen LogP contribution in [0, 0.1) is 0 Å². The fourth-order valence-electron chi connectivity index (χ4n) is 1.88. The first kappa shape index (κ1) is 11.4. The fourth-order valence-corrected chi connectivity index (χ4v) is 1.88. The number of carbonyl (C=O) groups is 2. The maximum atomic E-state index is 12.0. The number of rotatable bonds is 2. The van der Waals surface area contributed by atoms with E-state index >= 15 is 0 Å². The molecule has 0 radical (unpaired) electrons. The van der Waals surface area contributed by atoms with Crippen molar-refractivity contribution in [3.63, 3.8) is 0 Å². The Morgan fingerprint density at radius 3 is 2.88 bits per heavy atom. The lowest BCUT2D eigenvalue weighted by Crippen LogP contribution is -2.50. The van der Waals surface area contributed by atoms with E-state index in [9.17, 15) is 9.59 Å². The van der Waals surface area contributed by atoms with E-state index in [1.807, 2.05) is 29.7 Å². The molecule has 6 heteroatoms. The molecule has 0 fully saturated rings. The van der Waals surface area contributed by atoms with Crippen molar-refractivity contribution in [1.82, 2.24) is 10.3 Å². The quantitative estimate of drug-likeness (QED) is 0.431. The largest absolute Gasteiger partial charge is 0.325 e. The van der Waals surface area contributed by atoms with Gasteiger partial charge in [-0.15, -0.1) is 0 Å². The number of para-hydroxylation sites is 1. The van der Waals surface area contributed by atoms with E-state index in [4.69, 9.17) is 5.84 Å². The minimum absolute atomic E-state index is 0.0727. The molecule has 0 saturated heterocycles. The maximum absolute atomic E-state index is 12.0. The standard InChI is InChI=1S/C11H14N4O2/c1-14-6-8-4-2-3-5-9(8)15(11(14)17)7-10(16)13-12/h2-5H,6-7,12H2,1H3,(H,13,16). The van der Waals surface area contributed by atoms with Gasteiger partial charge in [0, 0.05) is 13.6 Å². The van der Waals surface area contributed by atoms with Gasteiger partial charge < -0.3 is 4.90 Å². The number of anilines is 1. The van der Waals surface area contributed by atoms with Crippen molar-refractivity contribution in [2.75, 3.05) is 18.5 Å². The monoisotopic (exact) mass is 234 g/mol. The molecule has 90 valence electrons. The summed E-state index contributed by atoms with van der Waals surface area (Å²) in [5.74, 6) is 4.64. The van der Waals surface area contributed by atoms with Crippen LogP contribution < -0.4 is 16.2 Å². The van der Waals surface area contributed by atoms with E-state index in [-0.39, 0.29) is 12.6 Å². The third kappa shape index (κ3) is 2.07. The molecular formula is C11H14N4O2.